The van der Waals surface area contributed by atoms with Crippen LogP contribution in [0.15, 0.2) is 60.7 Å². The molecule has 0 saturated carbocycles. The van der Waals surface area contributed by atoms with Crippen molar-refractivity contribution in [2.24, 2.45) is 0 Å². The van der Waals surface area contributed by atoms with Crippen molar-refractivity contribution in [1.82, 2.24) is 5.32 Å². The SMILES string of the molecule is O=C(NCC1CCCO1)c1c(NC(=O)C(c2ccccc2)c2ccccc2)sc2c1CCCC2. The molecule has 0 spiro atoms. The molecule has 1 aromatic heterocycles. The third kappa shape index (κ3) is 4.93. The molecule has 5 rings (SSSR count). The third-order valence-corrected chi connectivity index (χ3v) is 7.88. The maximum atomic E-state index is 13.7. The topological polar surface area (TPSA) is 67.4 Å². The predicted molar refractivity (Wildman–Crippen MR) is 136 cm³/mol. The molecule has 6 heteroatoms. The lowest BCUT2D eigenvalue weighted by Crippen LogP contribution is -2.33. The summed E-state index contributed by atoms with van der Waals surface area (Å²) >= 11 is 1.56. The summed E-state index contributed by atoms with van der Waals surface area (Å²) in [6, 6.07) is 19.6. The van der Waals surface area contributed by atoms with Gasteiger partial charge in [0.1, 0.15) is 5.00 Å². The molecule has 1 aliphatic heterocycles. The molecule has 1 atom stereocenters. The quantitative estimate of drug-likeness (QED) is 0.488. The second-order valence-electron chi connectivity index (χ2n) is 9.00. The van der Waals surface area contributed by atoms with E-state index in [0.717, 1.165) is 61.8 Å². The van der Waals surface area contributed by atoms with Gasteiger partial charge in [-0.1, -0.05) is 60.7 Å². The molecule has 34 heavy (non-hydrogen) atoms. The average Bonchev–Trinajstić information content (AvgIpc) is 3.52. The number of fused-ring (bicyclic) bond motifs is 1. The molecule has 0 bridgehead atoms. The minimum atomic E-state index is -0.454. The number of carbonyl (C=O) groups is 2. The molecule has 2 amide bonds. The van der Waals surface area contributed by atoms with E-state index in [9.17, 15) is 9.59 Å². The van der Waals surface area contributed by atoms with Crippen molar-refractivity contribution in [2.75, 3.05) is 18.5 Å². The lowest BCUT2D eigenvalue weighted by Gasteiger charge is -2.18. The van der Waals surface area contributed by atoms with E-state index >= 15 is 0 Å². The van der Waals surface area contributed by atoms with Crippen molar-refractivity contribution in [3.63, 3.8) is 0 Å². The summed E-state index contributed by atoms with van der Waals surface area (Å²) in [6.45, 7) is 1.27. The first kappa shape index (κ1) is 22.8. The molecule has 3 aromatic rings. The second-order valence-corrected chi connectivity index (χ2v) is 10.1. The molecule has 0 radical (unpaired) electrons. The van der Waals surface area contributed by atoms with Crippen LogP contribution in [0.2, 0.25) is 0 Å². The van der Waals surface area contributed by atoms with Crippen LogP contribution in [0.1, 0.15) is 63.5 Å². The van der Waals surface area contributed by atoms with E-state index in [2.05, 4.69) is 10.6 Å². The maximum Gasteiger partial charge on any atom is 0.254 e. The van der Waals surface area contributed by atoms with E-state index in [0.29, 0.717) is 17.1 Å². The van der Waals surface area contributed by atoms with Gasteiger partial charge in [-0.15, -0.1) is 11.3 Å². The summed E-state index contributed by atoms with van der Waals surface area (Å²) in [7, 11) is 0. The fourth-order valence-electron chi connectivity index (χ4n) is 4.96. The smallest absolute Gasteiger partial charge is 0.254 e. The number of hydrogen-bond donors (Lipinski definition) is 2. The highest BCUT2D eigenvalue weighted by molar-refractivity contribution is 7.17. The maximum absolute atomic E-state index is 13.7. The first-order valence-corrected chi connectivity index (χ1v) is 13.0. The van der Waals surface area contributed by atoms with E-state index in [-0.39, 0.29) is 17.9 Å². The Morgan fingerprint density at radius 2 is 1.62 bits per heavy atom. The van der Waals surface area contributed by atoms with Crippen LogP contribution in [0.3, 0.4) is 0 Å². The predicted octanol–water partition coefficient (Wildman–Crippen LogP) is 5.31. The largest absolute Gasteiger partial charge is 0.376 e. The molecule has 1 fully saturated rings. The summed E-state index contributed by atoms with van der Waals surface area (Å²) in [6.07, 6.45) is 6.12. The van der Waals surface area contributed by atoms with Crippen LogP contribution in [0.25, 0.3) is 0 Å². The van der Waals surface area contributed by atoms with Gasteiger partial charge in [-0.2, -0.15) is 0 Å². The molecule has 1 aliphatic carbocycles. The molecule has 2 heterocycles. The summed E-state index contributed by atoms with van der Waals surface area (Å²) in [5.41, 5.74) is 3.60. The van der Waals surface area contributed by atoms with E-state index in [1.54, 1.807) is 11.3 Å². The fourth-order valence-corrected chi connectivity index (χ4v) is 6.25. The van der Waals surface area contributed by atoms with Crippen LogP contribution in [0.4, 0.5) is 5.00 Å². The zero-order valence-electron chi connectivity index (χ0n) is 19.2. The Morgan fingerprint density at radius 3 is 2.26 bits per heavy atom. The molecule has 2 aromatic carbocycles. The number of benzene rings is 2. The van der Waals surface area contributed by atoms with Crippen molar-refractivity contribution >= 4 is 28.2 Å². The normalized spacial score (nSPS) is 17.4. The summed E-state index contributed by atoms with van der Waals surface area (Å²) in [4.78, 5) is 28.3. The van der Waals surface area contributed by atoms with Gasteiger partial charge in [-0.25, -0.2) is 0 Å². The third-order valence-electron chi connectivity index (χ3n) is 6.68. The Morgan fingerprint density at radius 1 is 0.941 bits per heavy atom. The number of hydrogen-bond acceptors (Lipinski definition) is 4. The van der Waals surface area contributed by atoms with Crippen molar-refractivity contribution in [2.45, 2.75) is 50.5 Å². The number of ether oxygens (including phenoxy) is 1. The van der Waals surface area contributed by atoms with Gasteiger partial charge >= 0.3 is 0 Å². The molecule has 5 nitrogen and oxygen atoms in total. The van der Waals surface area contributed by atoms with Crippen LogP contribution in [-0.2, 0) is 22.4 Å². The van der Waals surface area contributed by atoms with Crippen LogP contribution in [-0.4, -0.2) is 31.1 Å². The number of anilines is 1. The lowest BCUT2D eigenvalue weighted by molar-refractivity contribution is -0.116. The van der Waals surface area contributed by atoms with Gasteiger partial charge in [-0.3, -0.25) is 9.59 Å². The Kier molecular flexibility index (Phi) is 7.07. The molecular formula is C28H30N2O3S. The molecule has 1 unspecified atom stereocenters. The highest BCUT2D eigenvalue weighted by Gasteiger charge is 2.30. The molecule has 176 valence electrons. The van der Waals surface area contributed by atoms with Crippen molar-refractivity contribution in [3.8, 4) is 0 Å². The zero-order valence-corrected chi connectivity index (χ0v) is 20.0. The molecule has 1 saturated heterocycles. The Labute approximate surface area is 204 Å². The average molecular weight is 475 g/mol. The Bertz CT molecular complexity index is 1100. The fraction of sp³-hybridized carbons (Fsp3) is 0.357. The van der Waals surface area contributed by atoms with Crippen LogP contribution in [0.5, 0.6) is 0 Å². The molecule has 2 aliphatic rings. The number of amides is 2. The van der Waals surface area contributed by atoms with E-state index in [1.165, 1.54) is 4.88 Å². The van der Waals surface area contributed by atoms with Gasteiger partial charge in [0.25, 0.3) is 5.91 Å². The van der Waals surface area contributed by atoms with Crippen LogP contribution in [0, 0.1) is 0 Å². The van der Waals surface area contributed by atoms with Gasteiger partial charge in [0.15, 0.2) is 0 Å². The summed E-state index contributed by atoms with van der Waals surface area (Å²) in [5, 5.41) is 6.90. The van der Waals surface area contributed by atoms with E-state index in [4.69, 9.17) is 4.74 Å². The van der Waals surface area contributed by atoms with Gasteiger partial charge in [0, 0.05) is 18.0 Å². The van der Waals surface area contributed by atoms with Gasteiger partial charge in [0.2, 0.25) is 5.91 Å². The van der Waals surface area contributed by atoms with Crippen molar-refractivity contribution < 1.29 is 14.3 Å². The number of rotatable bonds is 7. The number of aryl methyl sites for hydroxylation is 1. The highest BCUT2D eigenvalue weighted by Crippen LogP contribution is 2.39. The van der Waals surface area contributed by atoms with Crippen LogP contribution < -0.4 is 10.6 Å². The lowest BCUT2D eigenvalue weighted by atomic mass is 9.90. The van der Waals surface area contributed by atoms with Crippen LogP contribution >= 0.6 is 11.3 Å². The van der Waals surface area contributed by atoms with E-state index in [1.807, 2.05) is 60.7 Å². The summed E-state index contributed by atoms with van der Waals surface area (Å²) < 4.78 is 5.68. The standard InChI is InChI=1S/C28H30N2O3S/c31-26(29-18-21-14-9-17-33-21)25-22-15-7-8-16-23(22)34-28(25)30-27(32)24(19-10-3-1-4-11-19)20-12-5-2-6-13-20/h1-6,10-13,21,24H,7-9,14-18H2,(H,29,31)(H,30,32). The first-order valence-electron chi connectivity index (χ1n) is 12.2. The second kappa shape index (κ2) is 10.5. The summed E-state index contributed by atoms with van der Waals surface area (Å²) in [5.74, 6) is -0.685. The first-order chi connectivity index (χ1) is 16.7. The molecular weight excluding hydrogens is 444 g/mol. The number of thiophene rings is 1. The van der Waals surface area contributed by atoms with Gasteiger partial charge < -0.3 is 15.4 Å². The van der Waals surface area contributed by atoms with E-state index < -0.39 is 5.92 Å². The molecule has 2 N–H and O–H groups in total. The highest BCUT2D eigenvalue weighted by atomic mass is 32.1. The minimum Gasteiger partial charge on any atom is -0.376 e. The Balaban J connectivity index is 1.44. The monoisotopic (exact) mass is 474 g/mol. The minimum absolute atomic E-state index is 0.0806. The number of carbonyl (C=O) groups excluding carboxylic acids is 2. The van der Waals surface area contributed by atoms with Crippen molar-refractivity contribution in [1.29, 1.82) is 0 Å². The zero-order chi connectivity index (χ0) is 23.3. The van der Waals surface area contributed by atoms with Crippen molar-refractivity contribution in [3.05, 3.63) is 87.8 Å². The van der Waals surface area contributed by atoms with Gasteiger partial charge in [-0.05, 0) is 55.2 Å². The number of nitrogens with one attached hydrogen (secondary N) is 2. The van der Waals surface area contributed by atoms with Gasteiger partial charge in [0.05, 0.1) is 17.6 Å². The Hall–Kier alpha value is -2.96.